The molecule has 0 saturated carbocycles. The van der Waals surface area contributed by atoms with Crippen LogP contribution in [0, 0.1) is 0 Å². The standard InChI is InChI=1S/C24H26N4O5/c1-32-13-12-27-10-8-19-20(27)6-3-7-21(19)33-16-23(30)26-18-5-2-4-17(14-18)24(31)28-11-9-25-22(29)15-28/h2-8,10,14H,9,11-13,15-16H2,1H3,(H,25,29)(H,26,30). The monoisotopic (exact) mass is 450 g/mol. The number of carbonyl (C=O) groups excluding carboxylic acids is 3. The zero-order valence-electron chi connectivity index (χ0n) is 18.4. The van der Waals surface area contributed by atoms with Crippen molar-refractivity contribution < 1.29 is 23.9 Å². The lowest BCUT2D eigenvalue weighted by Crippen LogP contribution is -2.49. The lowest BCUT2D eigenvalue weighted by atomic mass is 10.1. The van der Waals surface area contributed by atoms with Crippen LogP contribution in [-0.4, -0.2) is 67.1 Å². The van der Waals surface area contributed by atoms with E-state index in [2.05, 4.69) is 15.2 Å². The summed E-state index contributed by atoms with van der Waals surface area (Å²) in [6.45, 7) is 2.06. The molecule has 1 aliphatic heterocycles. The summed E-state index contributed by atoms with van der Waals surface area (Å²) in [5.41, 5.74) is 1.90. The fourth-order valence-electron chi connectivity index (χ4n) is 3.77. The van der Waals surface area contributed by atoms with Gasteiger partial charge in [0.15, 0.2) is 6.61 Å². The number of nitrogens with one attached hydrogen (secondary N) is 2. The summed E-state index contributed by atoms with van der Waals surface area (Å²) in [7, 11) is 1.66. The SMILES string of the molecule is COCCn1ccc2c(OCC(=O)Nc3cccc(C(=O)N4CCNC(=O)C4)c3)cccc21. The van der Waals surface area contributed by atoms with Gasteiger partial charge in [0.05, 0.1) is 18.7 Å². The van der Waals surface area contributed by atoms with Gasteiger partial charge in [-0.2, -0.15) is 0 Å². The summed E-state index contributed by atoms with van der Waals surface area (Å²) in [6, 6.07) is 14.3. The smallest absolute Gasteiger partial charge is 0.262 e. The van der Waals surface area contributed by atoms with E-state index in [0.717, 1.165) is 17.4 Å². The highest BCUT2D eigenvalue weighted by molar-refractivity contribution is 5.99. The Morgan fingerprint density at radius 3 is 2.82 bits per heavy atom. The van der Waals surface area contributed by atoms with E-state index in [9.17, 15) is 14.4 Å². The Morgan fingerprint density at radius 2 is 2.00 bits per heavy atom. The molecule has 9 heteroatoms. The van der Waals surface area contributed by atoms with Crippen LogP contribution in [0.1, 0.15) is 10.4 Å². The molecule has 9 nitrogen and oxygen atoms in total. The highest BCUT2D eigenvalue weighted by Crippen LogP contribution is 2.26. The number of aromatic nitrogens is 1. The molecule has 2 aromatic carbocycles. The minimum atomic E-state index is -0.340. The third kappa shape index (κ3) is 5.32. The van der Waals surface area contributed by atoms with Crippen molar-refractivity contribution in [2.24, 2.45) is 0 Å². The Morgan fingerprint density at radius 1 is 1.15 bits per heavy atom. The molecule has 33 heavy (non-hydrogen) atoms. The zero-order chi connectivity index (χ0) is 23.2. The van der Waals surface area contributed by atoms with Crippen LogP contribution < -0.4 is 15.4 Å². The summed E-state index contributed by atoms with van der Waals surface area (Å²) in [6.07, 6.45) is 1.96. The van der Waals surface area contributed by atoms with Gasteiger partial charge in [0.25, 0.3) is 11.8 Å². The van der Waals surface area contributed by atoms with Gasteiger partial charge in [0, 0.05) is 49.6 Å². The average molecular weight is 450 g/mol. The van der Waals surface area contributed by atoms with Crippen molar-refractivity contribution in [1.82, 2.24) is 14.8 Å². The molecule has 2 heterocycles. The van der Waals surface area contributed by atoms with Crippen molar-refractivity contribution >= 4 is 34.3 Å². The van der Waals surface area contributed by atoms with E-state index < -0.39 is 0 Å². The van der Waals surface area contributed by atoms with E-state index in [4.69, 9.17) is 9.47 Å². The van der Waals surface area contributed by atoms with Gasteiger partial charge in [-0.3, -0.25) is 14.4 Å². The van der Waals surface area contributed by atoms with Gasteiger partial charge in [-0.25, -0.2) is 0 Å². The number of anilines is 1. The summed E-state index contributed by atoms with van der Waals surface area (Å²) in [4.78, 5) is 38.2. The number of benzene rings is 2. The topological polar surface area (TPSA) is 102 Å². The Hall–Kier alpha value is -3.85. The number of carbonyl (C=O) groups is 3. The maximum atomic E-state index is 12.7. The maximum absolute atomic E-state index is 12.7. The molecule has 0 atom stereocenters. The molecule has 1 aliphatic rings. The lowest BCUT2D eigenvalue weighted by molar-refractivity contribution is -0.123. The van der Waals surface area contributed by atoms with Crippen molar-refractivity contribution in [2.45, 2.75) is 6.54 Å². The summed E-state index contributed by atoms with van der Waals surface area (Å²) in [5, 5.41) is 6.37. The number of ether oxygens (including phenoxy) is 2. The van der Waals surface area contributed by atoms with Crippen molar-refractivity contribution in [3.05, 3.63) is 60.3 Å². The second kappa shape index (κ2) is 10.2. The van der Waals surface area contributed by atoms with E-state index >= 15 is 0 Å². The number of amides is 3. The third-order valence-corrected chi connectivity index (χ3v) is 5.39. The van der Waals surface area contributed by atoms with Crippen LogP contribution in [-0.2, 0) is 20.9 Å². The average Bonchev–Trinajstić information content (AvgIpc) is 3.24. The van der Waals surface area contributed by atoms with Gasteiger partial charge < -0.3 is 29.6 Å². The molecule has 172 valence electrons. The number of piperazine rings is 1. The van der Waals surface area contributed by atoms with Crippen LogP contribution in [0.25, 0.3) is 10.9 Å². The van der Waals surface area contributed by atoms with Crippen LogP contribution in [0.4, 0.5) is 5.69 Å². The number of hydrogen-bond donors (Lipinski definition) is 2. The van der Waals surface area contributed by atoms with Crippen LogP contribution in [0.5, 0.6) is 5.75 Å². The molecule has 1 saturated heterocycles. The fourth-order valence-corrected chi connectivity index (χ4v) is 3.77. The van der Waals surface area contributed by atoms with Crippen molar-refractivity contribution in [1.29, 1.82) is 0 Å². The molecule has 0 spiro atoms. The molecule has 3 amide bonds. The van der Waals surface area contributed by atoms with Crippen LogP contribution in [0.2, 0.25) is 0 Å². The highest BCUT2D eigenvalue weighted by Gasteiger charge is 2.22. The van der Waals surface area contributed by atoms with Gasteiger partial charge in [-0.1, -0.05) is 12.1 Å². The lowest BCUT2D eigenvalue weighted by Gasteiger charge is -2.26. The predicted molar refractivity (Wildman–Crippen MR) is 123 cm³/mol. The normalized spacial score (nSPS) is 13.6. The first-order valence-corrected chi connectivity index (χ1v) is 10.7. The molecule has 0 radical (unpaired) electrons. The van der Waals surface area contributed by atoms with Gasteiger partial charge in [-0.05, 0) is 36.4 Å². The predicted octanol–water partition coefficient (Wildman–Crippen LogP) is 1.88. The van der Waals surface area contributed by atoms with E-state index in [1.165, 1.54) is 4.90 Å². The number of methoxy groups -OCH3 is 1. The first kappa shape index (κ1) is 22.3. The van der Waals surface area contributed by atoms with E-state index in [-0.39, 0.29) is 30.9 Å². The maximum Gasteiger partial charge on any atom is 0.262 e. The van der Waals surface area contributed by atoms with Crippen molar-refractivity contribution in [3.8, 4) is 5.75 Å². The number of hydrogen-bond acceptors (Lipinski definition) is 5. The first-order chi connectivity index (χ1) is 16.0. The number of rotatable bonds is 8. The molecule has 3 aromatic rings. The van der Waals surface area contributed by atoms with E-state index in [1.807, 2.05) is 30.5 Å². The third-order valence-electron chi connectivity index (χ3n) is 5.39. The Bertz CT molecular complexity index is 1170. The quantitative estimate of drug-likeness (QED) is 0.546. The number of nitrogens with zero attached hydrogens (tertiary/aromatic N) is 2. The van der Waals surface area contributed by atoms with Gasteiger partial charge in [0.2, 0.25) is 5.91 Å². The van der Waals surface area contributed by atoms with Gasteiger partial charge in [-0.15, -0.1) is 0 Å². The van der Waals surface area contributed by atoms with E-state index in [1.54, 1.807) is 31.4 Å². The van der Waals surface area contributed by atoms with Gasteiger partial charge in [0.1, 0.15) is 5.75 Å². The van der Waals surface area contributed by atoms with E-state index in [0.29, 0.717) is 36.7 Å². The molecule has 0 unspecified atom stereocenters. The second-order valence-electron chi connectivity index (χ2n) is 7.69. The van der Waals surface area contributed by atoms with Crippen molar-refractivity contribution in [3.63, 3.8) is 0 Å². The second-order valence-corrected chi connectivity index (χ2v) is 7.69. The Labute approximate surface area is 191 Å². The Balaban J connectivity index is 1.38. The molecular formula is C24H26N4O5. The molecule has 0 bridgehead atoms. The van der Waals surface area contributed by atoms with Crippen LogP contribution in [0.3, 0.4) is 0 Å². The van der Waals surface area contributed by atoms with Crippen LogP contribution >= 0.6 is 0 Å². The molecular weight excluding hydrogens is 424 g/mol. The van der Waals surface area contributed by atoms with Crippen LogP contribution in [0.15, 0.2) is 54.7 Å². The number of fused-ring (bicyclic) bond motifs is 1. The Kier molecular flexibility index (Phi) is 6.89. The summed E-state index contributed by atoms with van der Waals surface area (Å²) in [5.74, 6) is -0.152. The van der Waals surface area contributed by atoms with Gasteiger partial charge >= 0.3 is 0 Å². The molecule has 0 aliphatic carbocycles. The highest BCUT2D eigenvalue weighted by atomic mass is 16.5. The molecule has 1 aromatic heterocycles. The largest absolute Gasteiger partial charge is 0.483 e. The summed E-state index contributed by atoms with van der Waals surface area (Å²) < 4.78 is 13.0. The minimum absolute atomic E-state index is 0.0298. The molecule has 1 fully saturated rings. The minimum Gasteiger partial charge on any atom is -0.483 e. The summed E-state index contributed by atoms with van der Waals surface area (Å²) >= 11 is 0. The zero-order valence-corrected chi connectivity index (χ0v) is 18.4. The molecule has 2 N–H and O–H groups in total. The molecule has 4 rings (SSSR count). The van der Waals surface area contributed by atoms with Crippen molar-refractivity contribution in [2.75, 3.05) is 45.3 Å². The first-order valence-electron chi connectivity index (χ1n) is 10.7. The fraction of sp³-hybridized carbons (Fsp3) is 0.292.